The van der Waals surface area contributed by atoms with E-state index in [1.807, 2.05) is 0 Å². The van der Waals surface area contributed by atoms with Gasteiger partial charge in [0.2, 0.25) is 0 Å². The molecule has 0 aliphatic carbocycles. The summed E-state index contributed by atoms with van der Waals surface area (Å²) >= 11 is 5.84. The summed E-state index contributed by atoms with van der Waals surface area (Å²) in [6.07, 6.45) is -2.77. The molecule has 0 fully saturated rings. The van der Waals surface area contributed by atoms with Gasteiger partial charge in [-0.3, -0.25) is 4.68 Å². The molecule has 0 spiro atoms. The Kier molecular flexibility index (Phi) is 4.04. The Hall–Kier alpha value is -1.95. The van der Waals surface area contributed by atoms with Crippen molar-refractivity contribution in [2.45, 2.75) is 12.8 Å². The van der Waals surface area contributed by atoms with Crippen LogP contribution in [0.15, 0.2) is 24.3 Å². The van der Waals surface area contributed by atoms with Gasteiger partial charge in [-0.15, -0.1) is 0 Å². The van der Waals surface area contributed by atoms with Gasteiger partial charge in [0.05, 0.1) is 5.69 Å². The lowest BCUT2D eigenvalue weighted by Gasteiger charge is -2.02. The lowest BCUT2D eigenvalue weighted by molar-refractivity contribution is 0.0681. The van der Waals surface area contributed by atoms with Crippen LogP contribution in [0.4, 0.5) is 8.78 Å². The molecule has 0 radical (unpaired) electrons. The third-order valence-electron chi connectivity index (χ3n) is 2.85. The Bertz CT molecular complexity index is 656. The Balaban J connectivity index is 2.47. The molecule has 0 saturated heterocycles. The van der Waals surface area contributed by atoms with Gasteiger partial charge >= 0.3 is 5.97 Å². The SMILES string of the molecule is Cn1nc(Cc2cccc(Cl)c2)c(C(=O)O)c1C(F)F. The van der Waals surface area contributed by atoms with Crippen molar-refractivity contribution in [2.75, 3.05) is 0 Å². The molecule has 0 unspecified atom stereocenters. The smallest absolute Gasteiger partial charge is 0.339 e. The van der Waals surface area contributed by atoms with E-state index in [1.54, 1.807) is 24.3 Å². The van der Waals surface area contributed by atoms with Crippen LogP contribution < -0.4 is 0 Å². The number of rotatable bonds is 4. The molecule has 2 aromatic rings. The highest BCUT2D eigenvalue weighted by Gasteiger charge is 2.27. The maximum absolute atomic E-state index is 12.9. The number of aromatic carboxylic acids is 1. The van der Waals surface area contributed by atoms with Crippen LogP contribution in [0.5, 0.6) is 0 Å². The molecule has 1 N–H and O–H groups in total. The van der Waals surface area contributed by atoms with Gasteiger partial charge in [0.25, 0.3) is 6.43 Å². The molecule has 0 saturated carbocycles. The van der Waals surface area contributed by atoms with Gasteiger partial charge in [-0.1, -0.05) is 23.7 Å². The zero-order valence-corrected chi connectivity index (χ0v) is 11.2. The van der Waals surface area contributed by atoms with E-state index in [4.69, 9.17) is 16.7 Å². The predicted molar refractivity (Wildman–Crippen MR) is 69.4 cm³/mol. The van der Waals surface area contributed by atoms with Crippen LogP contribution in [0, 0.1) is 0 Å². The van der Waals surface area contributed by atoms with Crippen LogP contribution in [0.2, 0.25) is 5.02 Å². The highest BCUT2D eigenvalue weighted by molar-refractivity contribution is 6.30. The highest BCUT2D eigenvalue weighted by Crippen LogP contribution is 2.26. The number of carboxylic acids is 1. The summed E-state index contributed by atoms with van der Waals surface area (Å²) in [6, 6.07) is 6.75. The Morgan fingerprint density at radius 3 is 2.75 bits per heavy atom. The molecule has 0 amide bonds. The van der Waals surface area contributed by atoms with Crippen LogP contribution in [-0.2, 0) is 13.5 Å². The van der Waals surface area contributed by atoms with E-state index in [-0.39, 0.29) is 12.1 Å². The largest absolute Gasteiger partial charge is 0.478 e. The van der Waals surface area contributed by atoms with Gasteiger partial charge in [-0.25, -0.2) is 13.6 Å². The van der Waals surface area contributed by atoms with Crippen LogP contribution in [-0.4, -0.2) is 20.9 Å². The van der Waals surface area contributed by atoms with Crippen LogP contribution >= 0.6 is 11.6 Å². The number of aromatic nitrogens is 2. The fraction of sp³-hybridized carbons (Fsp3) is 0.231. The number of alkyl halides is 2. The average molecular weight is 301 g/mol. The van der Waals surface area contributed by atoms with Gasteiger partial charge in [0.1, 0.15) is 11.3 Å². The zero-order valence-electron chi connectivity index (χ0n) is 10.5. The lowest BCUT2D eigenvalue weighted by Crippen LogP contribution is -2.06. The lowest BCUT2D eigenvalue weighted by atomic mass is 10.1. The van der Waals surface area contributed by atoms with Gasteiger partial charge in [0.15, 0.2) is 0 Å². The molecule has 0 bridgehead atoms. The van der Waals surface area contributed by atoms with Crippen molar-refractivity contribution in [3.05, 3.63) is 51.8 Å². The first kappa shape index (κ1) is 14.5. The quantitative estimate of drug-likeness (QED) is 0.942. The third kappa shape index (κ3) is 2.80. The monoisotopic (exact) mass is 300 g/mol. The molecule has 1 aromatic heterocycles. The van der Waals surface area contributed by atoms with E-state index in [9.17, 15) is 13.6 Å². The van der Waals surface area contributed by atoms with E-state index in [0.717, 1.165) is 4.68 Å². The van der Waals surface area contributed by atoms with Crippen LogP contribution in [0.25, 0.3) is 0 Å². The zero-order chi connectivity index (χ0) is 14.9. The number of benzene rings is 1. The second kappa shape index (κ2) is 5.58. The van der Waals surface area contributed by atoms with Crippen LogP contribution in [0.1, 0.15) is 33.7 Å². The highest BCUT2D eigenvalue weighted by atomic mass is 35.5. The van der Waals surface area contributed by atoms with E-state index in [0.29, 0.717) is 10.6 Å². The molecule has 0 aliphatic rings. The molecule has 106 valence electrons. The Labute approximate surface area is 118 Å². The third-order valence-corrected chi connectivity index (χ3v) is 3.08. The Morgan fingerprint density at radius 1 is 1.50 bits per heavy atom. The summed E-state index contributed by atoms with van der Waals surface area (Å²) in [5.41, 5.74) is -0.228. The first-order valence-corrected chi connectivity index (χ1v) is 6.09. The van der Waals surface area contributed by atoms with Crippen LogP contribution in [0.3, 0.4) is 0 Å². The first-order chi connectivity index (χ1) is 9.40. The molecular formula is C13H11ClF2N2O2. The molecule has 2 rings (SSSR count). The minimum absolute atomic E-state index is 0.0950. The normalized spacial score (nSPS) is 11.1. The summed E-state index contributed by atoms with van der Waals surface area (Å²) < 4.78 is 26.8. The van der Waals surface area contributed by atoms with E-state index in [2.05, 4.69) is 5.10 Å². The maximum Gasteiger partial charge on any atom is 0.339 e. The molecule has 20 heavy (non-hydrogen) atoms. The number of nitrogens with zero attached hydrogens (tertiary/aromatic N) is 2. The van der Waals surface area contributed by atoms with Crippen molar-refractivity contribution in [1.29, 1.82) is 0 Å². The number of hydrogen-bond donors (Lipinski definition) is 1. The van der Waals surface area contributed by atoms with E-state index < -0.39 is 23.7 Å². The second-order valence-corrected chi connectivity index (χ2v) is 4.68. The predicted octanol–water partition coefficient (Wildman–Crippen LogP) is 3.30. The summed E-state index contributed by atoms with van der Waals surface area (Å²) in [5.74, 6) is -1.41. The van der Waals surface area contributed by atoms with Crippen molar-refractivity contribution >= 4 is 17.6 Å². The van der Waals surface area contributed by atoms with Crippen molar-refractivity contribution in [1.82, 2.24) is 9.78 Å². The topological polar surface area (TPSA) is 55.1 Å². The Morgan fingerprint density at radius 2 is 2.20 bits per heavy atom. The summed E-state index contributed by atoms with van der Waals surface area (Å²) in [6.45, 7) is 0. The first-order valence-electron chi connectivity index (χ1n) is 5.71. The fourth-order valence-corrected chi connectivity index (χ4v) is 2.25. The minimum atomic E-state index is -2.90. The number of hydrogen-bond acceptors (Lipinski definition) is 2. The van der Waals surface area contributed by atoms with Crippen molar-refractivity contribution in [2.24, 2.45) is 7.05 Å². The van der Waals surface area contributed by atoms with Crippen molar-refractivity contribution < 1.29 is 18.7 Å². The molecule has 0 atom stereocenters. The molecular weight excluding hydrogens is 290 g/mol. The molecule has 4 nitrogen and oxygen atoms in total. The van der Waals surface area contributed by atoms with E-state index in [1.165, 1.54) is 7.05 Å². The van der Waals surface area contributed by atoms with E-state index >= 15 is 0 Å². The fourth-order valence-electron chi connectivity index (χ4n) is 2.04. The number of carbonyl (C=O) groups is 1. The molecule has 1 heterocycles. The molecule has 7 heteroatoms. The van der Waals surface area contributed by atoms with Gasteiger partial charge < -0.3 is 5.11 Å². The van der Waals surface area contributed by atoms with Crippen molar-refractivity contribution in [3.8, 4) is 0 Å². The molecule has 0 aliphatic heterocycles. The second-order valence-electron chi connectivity index (χ2n) is 4.24. The summed E-state index contributed by atoms with van der Waals surface area (Å²) in [7, 11) is 1.30. The molecule has 1 aromatic carbocycles. The number of halogens is 3. The summed E-state index contributed by atoms with van der Waals surface area (Å²) in [4.78, 5) is 11.2. The maximum atomic E-state index is 12.9. The van der Waals surface area contributed by atoms with Gasteiger partial charge in [-0.05, 0) is 17.7 Å². The van der Waals surface area contributed by atoms with Gasteiger partial charge in [-0.2, -0.15) is 5.10 Å². The number of aryl methyl sites for hydroxylation is 1. The van der Waals surface area contributed by atoms with Gasteiger partial charge in [0, 0.05) is 18.5 Å². The standard InChI is InChI=1S/C13H11ClF2N2O2/c1-18-11(12(15)16)10(13(19)20)9(17-18)6-7-3-2-4-8(14)5-7/h2-5,12H,6H2,1H3,(H,19,20). The summed E-state index contributed by atoms with van der Waals surface area (Å²) in [5, 5.41) is 13.5. The average Bonchev–Trinajstić information content (AvgIpc) is 2.65. The number of carboxylic acid groups (broad SMARTS) is 1. The minimum Gasteiger partial charge on any atom is -0.478 e. The van der Waals surface area contributed by atoms with Crippen molar-refractivity contribution in [3.63, 3.8) is 0 Å².